The van der Waals surface area contributed by atoms with E-state index in [0.29, 0.717) is 31.1 Å². The van der Waals surface area contributed by atoms with Crippen molar-refractivity contribution in [1.29, 1.82) is 0 Å². The second-order valence-electron chi connectivity index (χ2n) is 7.29. The molecule has 3 rings (SSSR count). The van der Waals surface area contributed by atoms with Crippen LogP contribution in [0.15, 0.2) is 47.4 Å². The highest BCUT2D eigenvalue weighted by Gasteiger charge is 2.29. The minimum atomic E-state index is -3.48. The predicted molar refractivity (Wildman–Crippen MR) is 111 cm³/mol. The van der Waals surface area contributed by atoms with E-state index in [4.69, 9.17) is 0 Å². The van der Waals surface area contributed by atoms with Crippen molar-refractivity contribution in [3.05, 3.63) is 59.2 Å². The summed E-state index contributed by atoms with van der Waals surface area (Å²) < 4.78 is 27.0. The van der Waals surface area contributed by atoms with E-state index in [1.807, 2.05) is 43.9 Å². The highest BCUT2D eigenvalue weighted by Crippen LogP contribution is 2.19. The fourth-order valence-corrected chi connectivity index (χ4v) is 4.69. The van der Waals surface area contributed by atoms with Gasteiger partial charge in [0.1, 0.15) is 0 Å². The first kappa shape index (κ1) is 20.5. The molecule has 0 aliphatic carbocycles. The Kier molecular flexibility index (Phi) is 6.17. The second kappa shape index (κ2) is 8.43. The summed E-state index contributed by atoms with van der Waals surface area (Å²) in [6.45, 7) is 8.01. The van der Waals surface area contributed by atoms with E-state index in [1.54, 1.807) is 24.3 Å². The first-order valence-electron chi connectivity index (χ1n) is 9.42. The zero-order valence-electron chi connectivity index (χ0n) is 16.6. The van der Waals surface area contributed by atoms with Crippen molar-refractivity contribution in [2.24, 2.45) is 0 Å². The second-order valence-corrected chi connectivity index (χ2v) is 9.23. The van der Waals surface area contributed by atoms with Gasteiger partial charge in [0, 0.05) is 31.9 Å². The zero-order chi connectivity index (χ0) is 20.3. The van der Waals surface area contributed by atoms with Crippen molar-refractivity contribution >= 4 is 21.6 Å². The van der Waals surface area contributed by atoms with Crippen molar-refractivity contribution in [2.45, 2.75) is 25.7 Å². The molecule has 6 nitrogen and oxygen atoms in total. The van der Waals surface area contributed by atoms with E-state index in [-0.39, 0.29) is 12.5 Å². The summed E-state index contributed by atoms with van der Waals surface area (Å²) in [5, 5.41) is 2.96. The van der Waals surface area contributed by atoms with Gasteiger partial charge in [-0.2, -0.15) is 4.31 Å². The maximum atomic E-state index is 12.8. The quantitative estimate of drug-likeness (QED) is 0.836. The summed E-state index contributed by atoms with van der Waals surface area (Å²) >= 11 is 0. The van der Waals surface area contributed by atoms with E-state index in [1.165, 1.54) is 4.31 Å². The molecule has 0 saturated carbocycles. The van der Waals surface area contributed by atoms with Crippen molar-refractivity contribution < 1.29 is 13.2 Å². The summed E-state index contributed by atoms with van der Waals surface area (Å²) in [5.41, 5.74) is 4.04. The number of benzene rings is 2. The minimum absolute atomic E-state index is 0.0801. The van der Waals surface area contributed by atoms with Crippen LogP contribution in [0.1, 0.15) is 16.7 Å². The number of nitrogens with one attached hydrogen (secondary N) is 1. The molecule has 0 unspecified atom stereocenters. The number of nitrogens with zero attached hydrogens (tertiary/aromatic N) is 2. The molecule has 1 saturated heterocycles. The zero-order valence-corrected chi connectivity index (χ0v) is 17.4. The molecule has 28 heavy (non-hydrogen) atoms. The van der Waals surface area contributed by atoms with Crippen molar-refractivity contribution in [2.75, 3.05) is 38.0 Å². The molecular formula is C21H27N3O3S. The van der Waals surface area contributed by atoms with Gasteiger partial charge in [-0.25, -0.2) is 8.42 Å². The summed E-state index contributed by atoms with van der Waals surface area (Å²) in [6, 6.07) is 12.7. The normalized spacial score (nSPS) is 16.1. The van der Waals surface area contributed by atoms with Crippen molar-refractivity contribution in [3.63, 3.8) is 0 Å². The van der Waals surface area contributed by atoms with Gasteiger partial charge in [0.05, 0.1) is 11.4 Å². The number of amides is 1. The lowest BCUT2D eigenvalue weighted by atomic mass is 10.1. The number of sulfonamides is 1. The Morgan fingerprint density at radius 1 is 0.964 bits per heavy atom. The Morgan fingerprint density at radius 2 is 1.61 bits per heavy atom. The number of hydrogen-bond donors (Lipinski definition) is 1. The van der Waals surface area contributed by atoms with E-state index in [9.17, 15) is 13.2 Å². The van der Waals surface area contributed by atoms with Crippen molar-refractivity contribution in [3.8, 4) is 0 Å². The molecule has 0 atom stereocenters. The molecule has 150 valence electrons. The number of carbonyl (C=O) groups excluding carboxylic acids is 1. The van der Waals surface area contributed by atoms with Crippen LogP contribution in [0.5, 0.6) is 0 Å². The van der Waals surface area contributed by atoms with Gasteiger partial charge in [-0.3, -0.25) is 9.69 Å². The lowest BCUT2D eigenvalue weighted by Gasteiger charge is -2.33. The van der Waals surface area contributed by atoms with Crippen LogP contribution in [-0.2, 0) is 14.8 Å². The monoisotopic (exact) mass is 401 g/mol. The molecule has 0 spiro atoms. The SMILES string of the molecule is Cc1ccc(S(=O)(=O)N2CCN(CC(=O)Nc3cccc(C)c3C)CC2)cc1. The molecule has 1 amide bonds. The molecule has 0 aromatic heterocycles. The number of piperazine rings is 1. The van der Waals surface area contributed by atoms with Crippen LogP contribution in [0.4, 0.5) is 5.69 Å². The average Bonchev–Trinajstić information content (AvgIpc) is 2.66. The van der Waals surface area contributed by atoms with Crippen LogP contribution in [-0.4, -0.2) is 56.3 Å². The topological polar surface area (TPSA) is 69.7 Å². The number of carbonyl (C=O) groups is 1. The van der Waals surface area contributed by atoms with Crippen LogP contribution in [0.25, 0.3) is 0 Å². The van der Waals surface area contributed by atoms with Crippen LogP contribution < -0.4 is 5.32 Å². The minimum Gasteiger partial charge on any atom is -0.325 e. The molecule has 1 N–H and O–H groups in total. The van der Waals surface area contributed by atoms with Crippen LogP contribution in [0.3, 0.4) is 0 Å². The highest BCUT2D eigenvalue weighted by atomic mass is 32.2. The molecule has 1 fully saturated rings. The molecule has 1 aliphatic heterocycles. The maximum Gasteiger partial charge on any atom is 0.243 e. The molecular weight excluding hydrogens is 374 g/mol. The van der Waals surface area contributed by atoms with Crippen molar-refractivity contribution in [1.82, 2.24) is 9.21 Å². The predicted octanol–water partition coefficient (Wildman–Crippen LogP) is 2.56. The molecule has 0 bridgehead atoms. The molecule has 1 heterocycles. The Bertz CT molecular complexity index is 947. The number of rotatable bonds is 5. The Balaban J connectivity index is 1.56. The van der Waals surface area contributed by atoms with Crippen LogP contribution in [0, 0.1) is 20.8 Å². The largest absolute Gasteiger partial charge is 0.325 e. The number of aryl methyl sites for hydroxylation is 2. The van der Waals surface area contributed by atoms with Gasteiger partial charge >= 0.3 is 0 Å². The van der Waals surface area contributed by atoms with Gasteiger partial charge in [-0.1, -0.05) is 29.8 Å². The summed E-state index contributed by atoms with van der Waals surface area (Å²) in [4.78, 5) is 14.7. The molecule has 7 heteroatoms. The fraction of sp³-hybridized carbons (Fsp3) is 0.381. The fourth-order valence-electron chi connectivity index (χ4n) is 3.27. The van der Waals surface area contributed by atoms with E-state index < -0.39 is 10.0 Å². The van der Waals surface area contributed by atoms with Crippen LogP contribution >= 0.6 is 0 Å². The lowest BCUT2D eigenvalue weighted by molar-refractivity contribution is -0.117. The number of anilines is 1. The van der Waals surface area contributed by atoms with Gasteiger partial charge < -0.3 is 5.32 Å². The van der Waals surface area contributed by atoms with Crippen LogP contribution in [0.2, 0.25) is 0 Å². The molecule has 2 aromatic rings. The van der Waals surface area contributed by atoms with E-state index in [2.05, 4.69) is 5.32 Å². The molecule has 2 aromatic carbocycles. The van der Waals surface area contributed by atoms with E-state index >= 15 is 0 Å². The first-order valence-corrected chi connectivity index (χ1v) is 10.9. The summed E-state index contributed by atoms with van der Waals surface area (Å²) in [5.74, 6) is -0.0801. The third-order valence-corrected chi connectivity index (χ3v) is 7.15. The van der Waals surface area contributed by atoms with Gasteiger partial charge in [-0.15, -0.1) is 0 Å². The Labute approximate surface area is 167 Å². The number of hydrogen-bond acceptors (Lipinski definition) is 4. The molecule has 0 radical (unpaired) electrons. The van der Waals surface area contributed by atoms with Gasteiger partial charge in [-0.05, 0) is 50.1 Å². The first-order chi connectivity index (χ1) is 13.3. The third kappa shape index (κ3) is 4.60. The maximum absolute atomic E-state index is 12.8. The molecule has 1 aliphatic rings. The highest BCUT2D eigenvalue weighted by molar-refractivity contribution is 7.89. The Hall–Kier alpha value is -2.22. The van der Waals surface area contributed by atoms with Gasteiger partial charge in [0.15, 0.2) is 0 Å². The van der Waals surface area contributed by atoms with Gasteiger partial charge in [0.25, 0.3) is 0 Å². The lowest BCUT2D eigenvalue weighted by Crippen LogP contribution is -2.50. The Morgan fingerprint density at radius 3 is 2.25 bits per heavy atom. The smallest absolute Gasteiger partial charge is 0.243 e. The van der Waals surface area contributed by atoms with Gasteiger partial charge in [0.2, 0.25) is 15.9 Å². The standard InChI is InChI=1S/C21H27N3O3S/c1-16-7-9-19(10-8-16)28(26,27)24-13-11-23(12-14-24)15-21(25)22-20-6-4-5-17(2)18(20)3/h4-10H,11-15H2,1-3H3,(H,22,25). The van der Waals surface area contributed by atoms with E-state index in [0.717, 1.165) is 22.4 Å². The third-order valence-electron chi connectivity index (χ3n) is 5.24. The summed E-state index contributed by atoms with van der Waals surface area (Å²) in [7, 11) is -3.48. The average molecular weight is 402 g/mol. The summed E-state index contributed by atoms with van der Waals surface area (Å²) in [6.07, 6.45) is 0.